The van der Waals surface area contributed by atoms with Crippen molar-refractivity contribution in [3.8, 4) is 0 Å². The van der Waals surface area contributed by atoms with Crippen LogP contribution in [0.1, 0.15) is 20.3 Å². The topological polar surface area (TPSA) is 55.8 Å². The van der Waals surface area contributed by atoms with Crippen molar-refractivity contribution in [2.24, 2.45) is 5.92 Å². The molecule has 5 heteroatoms. The Morgan fingerprint density at radius 3 is 2.19 bits per heavy atom. The summed E-state index contributed by atoms with van der Waals surface area (Å²) in [5.41, 5.74) is 1.01. The van der Waals surface area contributed by atoms with Gasteiger partial charge in [-0.15, -0.1) is 6.58 Å². The van der Waals surface area contributed by atoms with Crippen LogP contribution in [0.5, 0.6) is 0 Å². The van der Waals surface area contributed by atoms with Crippen LogP contribution in [0, 0.1) is 5.92 Å². The highest BCUT2D eigenvalue weighted by Gasteiger charge is 2.16. The molecule has 16 heavy (non-hydrogen) atoms. The second-order valence-corrected chi connectivity index (χ2v) is 3.41. The second-order valence-electron chi connectivity index (χ2n) is 3.41. The maximum Gasteiger partial charge on any atom is 0.292 e. The number of hydrogen-bond acceptors (Lipinski definition) is 4. The van der Waals surface area contributed by atoms with Gasteiger partial charge in [-0.1, -0.05) is 12.5 Å². The molecule has 1 amide bonds. The van der Waals surface area contributed by atoms with Crippen molar-refractivity contribution in [3.05, 3.63) is 12.2 Å². The number of hydrogen-bond donors (Lipinski definition) is 0. The van der Waals surface area contributed by atoms with Crippen LogP contribution in [0.15, 0.2) is 12.2 Å². The molecule has 1 atom stereocenters. The van der Waals surface area contributed by atoms with Crippen LogP contribution in [-0.2, 0) is 19.2 Å². The van der Waals surface area contributed by atoms with Crippen molar-refractivity contribution in [1.29, 1.82) is 0 Å². The van der Waals surface area contributed by atoms with Gasteiger partial charge in [-0.25, -0.2) is 5.06 Å². The molecule has 0 saturated heterocycles. The molecule has 0 saturated carbocycles. The van der Waals surface area contributed by atoms with Gasteiger partial charge in [-0.3, -0.25) is 14.4 Å². The normalized spacial score (nSPS) is 10.6. The molecule has 94 valence electrons. The van der Waals surface area contributed by atoms with Gasteiger partial charge in [0.2, 0.25) is 5.91 Å². The summed E-state index contributed by atoms with van der Waals surface area (Å²) in [7, 11) is 4.40. The van der Waals surface area contributed by atoms with E-state index in [1.807, 2.05) is 13.8 Å². The van der Waals surface area contributed by atoms with Crippen molar-refractivity contribution in [2.45, 2.75) is 20.3 Å². The Kier molecular flexibility index (Phi) is 10.8. The first kappa shape index (κ1) is 17.0. The number of allylic oxidation sites excluding steroid dienone is 1. The smallest absolute Gasteiger partial charge is 0.292 e. The van der Waals surface area contributed by atoms with Gasteiger partial charge in [-0.2, -0.15) is 0 Å². The fourth-order valence-corrected chi connectivity index (χ4v) is 1.01. The molecule has 5 nitrogen and oxygen atoms in total. The quantitative estimate of drug-likeness (QED) is 0.407. The number of carbonyl (C=O) groups excluding carboxylic acids is 2. The fourth-order valence-electron chi connectivity index (χ4n) is 1.01. The molecule has 0 rings (SSSR count). The summed E-state index contributed by atoms with van der Waals surface area (Å²) in [5.74, 6) is -0.0621. The van der Waals surface area contributed by atoms with Crippen LogP contribution in [0.3, 0.4) is 0 Å². The summed E-state index contributed by atoms with van der Waals surface area (Å²) < 4.78 is 3.86. The molecule has 0 aliphatic carbocycles. The number of amides is 1. The highest BCUT2D eigenvalue weighted by molar-refractivity contribution is 5.77. The van der Waals surface area contributed by atoms with E-state index < -0.39 is 0 Å². The lowest BCUT2D eigenvalue weighted by Crippen LogP contribution is -2.30. The molecule has 0 fully saturated rings. The van der Waals surface area contributed by atoms with Crippen molar-refractivity contribution in [2.75, 3.05) is 21.3 Å². The summed E-state index contributed by atoms with van der Waals surface area (Å²) in [6.07, 6.45) is 0.715. The first-order chi connectivity index (χ1) is 7.40. The lowest BCUT2D eigenvalue weighted by Gasteiger charge is -2.18. The monoisotopic (exact) mass is 231 g/mol. The molecule has 0 N–H and O–H groups in total. The standard InChI is InChI=1S/C9H17NO2.C2H4O2/c1-7(2)6-8(3)9(11)10(4)12-5;1-4-2-3/h8H,1,6H2,2-5H3;2H,1H3. The van der Waals surface area contributed by atoms with E-state index in [9.17, 15) is 4.79 Å². The van der Waals surface area contributed by atoms with E-state index in [2.05, 4.69) is 11.3 Å². The minimum absolute atomic E-state index is 0.0134. The van der Waals surface area contributed by atoms with E-state index in [1.54, 1.807) is 7.05 Å². The van der Waals surface area contributed by atoms with Crippen molar-refractivity contribution >= 4 is 12.4 Å². The molecule has 0 aliphatic rings. The Morgan fingerprint density at radius 2 is 1.94 bits per heavy atom. The van der Waals surface area contributed by atoms with Crippen LogP contribution >= 0.6 is 0 Å². The van der Waals surface area contributed by atoms with Gasteiger partial charge < -0.3 is 4.74 Å². The summed E-state index contributed by atoms with van der Waals surface area (Å²) in [4.78, 5) is 25.1. The Balaban J connectivity index is 0. The Labute approximate surface area is 97.0 Å². The highest BCUT2D eigenvalue weighted by Crippen LogP contribution is 2.11. The minimum atomic E-state index is -0.0487. The van der Waals surface area contributed by atoms with Gasteiger partial charge in [0.25, 0.3) is 6.47 Å². The summed E-state index contributed by atoms with van der Waals surface area (Å²) in [6.45, 7) is 7.91. The van der Waals surface area contributed by atoms with Gasteiger partial charge in [0.15, 0.2) is 0 Å². The van der Waals surface area contributed by atoms with Crippen LogP contribution in [0.25, 0.3) is 0 Å². The molecule has 0 heterocycles. The average molecular weight is 231 g/mol. The Bertz CT molecular complexity index is 228. The first-order valence-corrected chi connectivity index (χ1v) is 4.83. The number of methoxy groups -OCH3 is 1. The van der Waals surface area contributed by atoms with Gasteiger partial charge >= 0.3 is 0 Å². The predicted octanol–water partition coefficient (Wildman–Crippen LogP) is 1.40. The van der Waals surface area contributed by atoms with Gasteiger partial charge in [0.05, 0.1) is 14.2 Å². The predicted molar refractivity (Wildman–Crippen MR) is 61.4 cm³/mol. The van der Waals surface area contributed by atoms with E-state index in [4.69, 9.17) is 9.63 Å². The molecule has 0 radical (unpaired) electrons. The van der Waals surface area contributed by atoms with Gasteiger partial charge in [0.1, 0.15) is 0 Å². The minimum Gasteiger partial charge on any atom is -0.471 e. The van der Waals surface area contributed by atoms with Crippen LogP contribution in [0.2, 0.25) is 0 Å². The summed E-state index contributed by atoms with van der Waals surface area (Å²) in [5, 5.41) is 1.24. The lowest BCUT2D eigenvalue weighted by atomic mass is 10.0. The maximum atomic E-state index is 11.4. The summed E-state index contributed by atoms with van der Waals surface area (Å²) in [6, 6.07) is 0. The van der Waals surface area contributed by atoms with Gasteiger partial charge in [-0.05, 0) is 13.3 Å². The number of rotatable bonds is 5. The fraction of sp³-hybridized carbons (Fsp3) is 0.636. The largest absolute Gasteiger partial charge is 0.471 e. The molecular formula is C11H21NO4. The van der Waals surface area contributed by atoms with E-state index in [1.165, 1.54) is 19.3 Å². The molecule has 0 aromatic carbocycles. The van der Waals surface area contributed by atoms with Crippen molar-refractivity contribution < 1.29 is 19.2 Å². The zero-order valence-corrected chi connectivity index (χ0v) is 10.6. The molecule has 0 spiro atoms. The Hall–Kier alpha value is -1.36. The molecule has 0 aliphatic heterocycles. The number of hydroxylamine groups is 2. The number of ether oxygens (including phenoxy) is 1. The average Bonchev–Trinajstić information content (AvgIpc) is 2.26. The third-order valence-corrected chi connectivity index (χ3v) is 1.76. The van der Waals surface area contributed by atoms with Crippen molar-refractivity contribution in [1.82, 2.24) is 5.06 Å². The van der Waals surface area contributed by atoms with E-state index in [0.717, 1.165) is 5.57 Å². The third-order valence-electron chi connectivity index (χ3n) is 1.76. The highest BCUT2D eigenvalue weighted by atomic mass is 16.7. The molecule has 1 unspecified atom stereocenters. The number of carbonyl (C=O) groups is 2. The Morgan fingerprint density at radius 1 is 1.50 bits per heavy atom. The SMILES string of the molecule is C=C(C)CC(C)C(=O)N(C)OC.COC=O. The van der Waals surface area contributed by atoms with Crippen molar-refractivity contribution in [3.63, 3.8) is 0 Å². The summed E-state index contributed by atoms with van der Waals surface area (Å²) >= 11 is 0. The third kappa shape index (κ3) is 9.21. The molecule has 0 bridgehead atoms. The van der Waals surface area contributed by atoms with Crippen LogP contribution in [-0.4, -0.2) is 38.7 Å². The molecule has 0 aromatic heterocycles. The van der Waals surface area contributed by atoms with E-state index >= 15 is 0 Å². The number of nitrogens with zero attached hydrogens (tertiary/aromatic N) is 1. The van der Waals surface area contributed by atoms with Crippen LogP contribution < -0.4 is 0 Å². The molecular weight excluding hydrogens is 210 g/mol. The zero-order valence-electron chi connectivity index (χ0n) is 10.6. The van der Waals surface area contributed by atoms with Crippen LogP contribution in [0.4, 0.5) is 0 Å². The molecule has 0 aromatic rings. The zero-order chi connectivity index (χ0) is 13.1. The van der Waals surface area contributed by atoms with E-state index in [-0.39, 0.29) is 11.8 Å². The first-order valence-electron chi connectivity index (χ1n) is 4.83. The second kappa shape index (κ2) is 10.2. The maximum absolute atomic E-state index is 11.4. The van der Waals surface area contributed by atoms with E-state index in [0.29, 0.717) is 12.9 Å². The van der Waals surface area contributed by atoms with Gasteiger partial charge in [0, 0.05) is 13.0 Å². The lowest BCUT2D eigenvalue weighted by molar-refractivity contribution is -0.172.